The largest absolute Gasteiger partial charge is 0.369 e. The molecule has 0 unspecified atom stereocenters. The predicted octanol–water partition coefficient (Wildman–Crippen LogP) is 3.13. The lowest BCUT2D eigenvalue weighted by atomic mass is 10.1. The van der Waals surface area contributed by atoms with Crippen molar-refractivity contribution in [3.63, 3.8) is 0 Å². The molecule has 23 heavy (non-hydrogen) atoms. The average Bonchev–Trinajstić information content (AvgIpc) is 2.44. The molecule has 2 aromatic carbocycles. The Balaban J connectivity index is 2.28. The van der Waals surface area contributed by atoms with Gasteiger partial charge in [0.25, 0.3) is 10.0 Å². The summed E-state index contributed by atoms with van der Waals surface area (Å²) in [6, 6.07) is 9.14. The van der Waals surface area contributed by atoms with Crippen LogP contribution in [-0.2, 0) is 21.2 Å². The first-order chi connectivity index (χ1) is 10.7. The minimum absolute atomic E-state index is 0.0402. The first kappa shape index (κ1) is 17.6. The van der Waals surface area contributed by atoms with E-state index in [4.69, 9.17) is 28.9 Å². The van der Waals surface area contributed by atoms with Crippen LogP contribution in [0, 0.1) is 6.92 Å². The van der Waals surface area contributed by atoms with Crippen molar-refractivity contribution in [3.05, 3.63) is 57.6 Å². The third kappa shape index (κ3) is 4.37. The summed E-state index contributed by atoms with van der Waals surface area (Å²) in [6.45, 7) is 1.69. The van der Waals surface area contributed by atoms with Crippen molar-refractivity contribution in [2.45, 2.75) is 18.2 Å². The molecular formula is C15H14Cl2N2O3S. The summed E-state index contributed by atoms with van der Waals surface area (Å²) >= 11 is 11.9. The van der Waals surface area contributed by atoms with Crippen LogP contribution in [0.5, 0.6) is 0 Å². The number of nitrogens with one attached hydrogen (secondary N) is 1. The van der Waals surface area contributed by atoms with Gasteiger partial charge < -0.3 is 5.73 Å². The molecule has 0 aromatic heterocycles. The lowest BCUT2D eigenvalue weighted by Gasteiger charge is -2.11. The number of sulfonamides is 1. The number of halogens is 2. The van der Waals surface area contributed by atoms with Gasteiger partial charge in [-0.05, 0) is 42.3 Å². The Hall–Kier alpha value is -1.76. The van der Waals surface area contributed by atoms with Crippen molar-refractivity contribution in [1.82, 2.24) is 0 Å². The van der Waals surface area contributed by atoms with Gasteiger partial charge in [0.1, 0.15) is 4.90 Å². The molecule has 0 aliphatic carbocycles. The van der Waals surface area contributed by atoms with Gasteiger partial charge in [-0.1, -0.05) is 35.3 Å². The van der Waals surface area contributed by atoms with E-state index in [1.807, 2.05) is 0 Å². The molecule has 0 spiro atoms. The summed E-state index contributed by atoms with van der Waals surface area (Å²) in [5, 5.41) is 0.434. The van der Waals surface area contributed by atoms with Gasteiger partial charge in [-0.15, -0.1) is 0 Å². The van der Waals surface area contributed by atoms with E-state index in [0.29, 0.717) is 21.8 Å². The lowest BCUT2D eigenvalue weighted by molar-refractivity contribution is -0.117. The quantitative estimate of drug-likeness (QED) is 0.844. The molecule has 0 aliphatic heterocycles. The third-order valence-corrected chi connectivity index (χ3v) is 5.34. The van der Waals surface area contributed by atoms with Gasteiger partial charge >= 0.3 is 0 Å². The van der Waals surface area contributed by atoms with Crippen LogP contribution in [-0.4, -0.2) is 14.3 Å². The minimum atomic E-state index is -3.85. The molecule has 0 saturated carbocycles. The van der Waals surface area contributed by atoms with Crippen LogP contribution in [0.15, 0.2) is 41.3 Å². The molecule has 5 nitrogen and oxygen atoms in total. The minimum Gasteiger partial charge on any atom is -0.369 e. The monoisotopic (exact) mass is 372 g/mol. The van der Waals surface area contributed by atoms with Crippen LogP contribution in [0.25, 0.3) is 0 Å². The second-order valence-corrected chi connectivity index (χ2v) is 7.44. The van der Waals surface area contributed by atoms with Gasteiger partial charge in [0.2, 0.25) is 5.91 Å². The Morgan fingerprint density at radius 2 is 1.74 bits per heavy atom. The van der Waals surface area contributed by atoms with Crippen molar-refractivity contribution in [3.8, 4) is 0 Å². The maximum atomic E-state index is 12.4. The highest BCUT2D eigenvalue weighted by Gasteiger charge is 2.19. The Morgan fingerprint density at radius 3 is 2.30 bits per heavy atom. The molecular weight excluding hydrogens is 359 g/mol. The summed E-state index contributed by atoms with van der Waals surface area (Å²) in [5.41, 5.74) is 6.76. The van der Waals surface area contributed by atoms with Gasteiger partial charge in [0.15, 0.2) is 0 Å². The Bertz CT molecular complexity index is 850. The van der Waals surface area contributed by atoms with Crippen molar-refractivity contribution in [1.29, 1.82) is 0 Å². The fraction of sp³-hybridized carbons (Fsp3) is 0.133. The first-order valence-electron chi connectivity index (χ1n) is 6.55. The fourth-order valence-electron chi connectivity index (χ4n) is 1.94. The summed E-state index contributed by atoms with van der Waals surface area (Å²) in [7, 11) is -3.85. The van der Waals surface area contributed by atoms with Crippen LogP contribution in [0.2, 0.25) is 10.0 Å². The van der Waals surface area contributed by atoms with E-state index in [2.05, 4.69) is 4.72 Å². The molecule has 3 N–H and O–H groups in total. The first-order valence-corrected chi connectivity index (χ1v) is 8.78. The molecule has 1 amide bonds. The van der Waals surface area contributed by atoms with E-state index in [-0.39, 0.29) is 16.3 Å². The van der Waals surface area contributed by atoms with Crippen LogP contribution in [0.4, 0.5) is 5.69 Å². The maximum absolute atomic E-state index is 12.4. The Morgan fingerprint density at radius 1 is 1.13 bits per heavy atom. The Kier molecular flexibility index (Phi) is 5.19. The number of aryl methyl sites for hydroxylation is 1. The summed E-state index contributed by atoms with van der Waals surface area (Å²) in [6.07, 6.45) is 0.0925. The number of hydrogen-bond acceptors (Lipinski definition) is 3. The smallest absolute Gasteiger partial charge is 0.263 e. The zero-order valence-electron chi connectivity index (χ0n) is 12.1. The topological polar surface area (TPSA) is 89.3 Å². The third-order valence-electron chi connectivity index (χ3n) is 3.09. The molecule has 2 rings (SSSR count). The lowest BCUT2D eigenvalue weighted by Crippen LogP contribution is -2.15. The molecule has 0 bridgehead atoms. The predicted molar refractivity (Wildman–Crippen MR) is 91.3 cm³/mol. The molecule has 0 saturated heterocycles. The number of rotatable bonds is 5. The SMILES string of the molecule is Cc1cc(S(=O)(=O)Nc2ccc(CC(N)=O)cc2)c(Cl)cc1Cl. The Labute approximate surface area is 144 Å². The van der Waals surface area contributed by atoms with Crippen molar-refractivity contribution in [2.75, 3.05) is 4.72 Å². The number of primary amides is 1. The van der Waals surface area contributed by atoms with Gasteiger partial charge in [0, 0.05) is 10.7 Å². The van der Waals surface area contributed by atoms with Crippen molar-refractivity contribution in [2.24, 2.45) is 5.73 Å². The van der Waals surface area contributed by atoms with E-state index in [9.17, 15) is 13.2 Å². The number of hydrogen-bond donors (Lipinski definition) is 2. The number of nitrogens with two attached hydrogens (primary N) is 1. The van der Waals surface area contributed by atoms with E-state index < -0.39 is 15.9 Å². The molecule has 0 aliphatic rings. The number of anilines is 1. The zero-order chi connectivity index (χ0) is 17.2. The summed E-state index contributed by atoms with van der Waals surface area (Å²) < 4.78 is 27.3. The molecule has 0 atom stereocenters. The standard InChI is InChI=1S/C15H14Cl2N2O3S/c1-9-6-14(13(17)8-12(9)16)23(21,22)19-11-4-2-10(3-5-11)7-15(18)20/h2-6,8,19H,7H2,1H3,(H2,18,20). The van der Waals surface area contributed by atoms with E-state index in [1.165, 1.54) is 12.1 Å². The van der Waals surface area contributed by atoms with Gasteiger partial charge in [-0.2, -0.15) is 0 Å². The van der Waals surface area contributed by atoms with Crippen LogP contribution in [0.1, 0.15) is 11.1 Å². The number of carbonyl (C=O) groups is 1. The van der Waals surface area contributed by atoms with Crippen LogP contribution >= 0.6 is 23.2 Å². The second-order valence-electron chi connectivity index (χ2n) is 4.98. The molecule has 0 heterocycles. The molecule has 0 fully saturated rings. The van der Waals surface area contributed by atoms with Crippen molar-refractivity contribution >= 4 is 44.8 Å². The molecule has 8 heteroatoms. The highest BCUT2D eigenvalue weighted by molar-refractivity contribution is 7.92. The van der Waals surface area contributed by atoms with Crippen molar-refractivity contribution < 1.29 is 13.2 Å². The van der Waals surface area contributed by atoms with E-state index in [0.717, 1.165) is 0 Å². The average molecular weight is 373 g/mol. The highest BCUT2D eigenvalue weighted by atomic mass is 35.5. The summed E-state index contributed by atoms with van der Waals surface area (Å²) in [4.78, 5) is 10.8. The van der Waals surface area contributed by atoms with Crippen LogP contribution in [0.3, 0.4) is 0 Å². The highest BCUT2D eigenvalue weighted by Crippen LogP contribution is 2.29. The number of amides is 1. The normalized spacial score (nSPS) is 11.3. The number of benzene rings is 2. The maximum Gasteiger partial charge on any atom is 0.263 e. The van der Waals surface area contributed by atoms with E-state index in [1.54, 1.807) is 31.2 Å². The van der Waals surface area contributed by atoms with Gasteiger partial charge in [-0.3, -0.25) is 9.52 Å². The van der Waals surface area contributed by atoms with Gasteiger partial charge in [0.05, 0.1) is 11.4 Å². The second kappa shape index (κ2) is 6.78. The molecule has 2 aromatic rings. The van der Waals surface area contributed by atoms with Gasteiger partial charge in [-0.25, -0.2) is 8.42 Å². The summed E-state index contributed by atoms with van der Waals surface area (Å²) in [5.74, 6) is -0.457. The van der Waals surface area contributed by atoms with E-state index >= 15 is 0 Å². The molecule has 0 radical (unpaired) electrons. The zero-order valence-corrected chi connectivity index (χ0v) is 14.5. The number of carbonyl (C=O) groups excluding carboxylic acids is 1. The molecule has 122 valence electrons. The fourth-order valence-corrected chi connectivity index (χ4v) is 3.83. The van der Waals surface area contributed by atoms with Crippen LogP contribution < -0.4 is 10.5 Å².